The molecule has 0 bridgehead atoms. The summed E-state index contributed by atoms with van der Waals surface area (Å²) in [6.07, 6.45) is 4.17. The SMILES string of the molecule is O=C1CCN(CCN2CCSCC2)C(=O)C2(CCCC2)N1. The Morgan fingerprint density at radius 3 is 2.48 bits per heavy atom. The minimum atomic E-state index is -0.578. The summed E-state index contributed by atoms with van der Waals surface area (Å²) in [5, 5.41) is 3.02. The number of rotatable bonds is 3. The molecule has 0 aromatic heterocycles. The van der Waals surface area contributed by atoms with Crippen molar-refractivity contribution in [2.24, 2.45) is 0 Å². The third-order valence-corrected chi connectivity index (χ3v) is 5.87. The molecule has 1 N–H and O–H groups in total. The molecule has 2 aliphatic heterocycles. The van der Waals surface area contributed by atoms with Crippen LogP contribution in [0.2, 0.25) is 0 Å². The largest absolute Gasteiger partial charge is 0.342 e. The number of amides is 2. The van der Waals surface area contributed by atoms with Gasteiger partial charge in [0, 0.05) is 50.7 Å². The number of nitrogens with zero attached hydrogens (tertiary/aromatic N) is 2. The van der Waals surface area contributed by atoms with Gasteiger partial charge in [-0.05, 0) is 12.8 Å². The number of hydrogen-bond donors (Lipinski definition) is 1. The number of thioether (sulfide) groups is 1. The van der Waals surface area contributed by atoms with Gasteiger partial charge < -0.3 is 10.2 Å². The molecule has 0 aromatic rings. The molecule has 3 rings (SSSR count). The van der Waals surface area contributed by atoms with Crippen LogP contribution in [0.4, 0.5) is 0 Å². The molecule has 3 fully saturated rings. The predicted octanol–water partition coefficient (Wildman–Crippen LogP) is 0.697. The summed E-state index contributed by atoms with van der Waals surface area (Å²) in [6.45, 7) is 4.52. The lowest BCUT2D eigenvalue weighted by molar-refractivity contribution is -0.138. The highest BCUT2D eigenvalue weighted by atomic mass is 32.2. The van der Waals surface area contributed by atoms with E-state index >= 15 is 0 Å². The van der Waals surface area contributed by atoms with Crippen LogP contribution in [0, 0.1) is 0 Å². The first kappa shape index (κ1) is 15.2. The summed E-state index contributed by atoms with van der Waals surface area (Å²) >= 11 is 2.00. The molecule has 5 nitrogen and oxygen atoms in total. The fourth-order valence-electron chi connectivity index (χ4n) is 3.64. The average molecular weight is 311 g/mol. The summed E-state index contributed by atoms with van der Waals surface area (Å²) in [6, 6.07) is 0. The van der Waals surface area contributed by atoms with E-state index in [1.807, 2.05) is 16.7 Å². The van der Waals surface area contributed by atoms with Gasteiger partial charge in [0.15, 0.2) is 0 Å². The van der Waals surface area contributed by atoms with Crippen molar-refractivity contribution in [1.82, 2.24) is 15.1 Å². The molecular weight excluding hydrogens is 286 g/mol. The summed E-state index contributed by atoms with van der Waals surface area (Å²) < 4.78 is 0. The zero-order valence-electron chi connectivity index (χ0n) is 12.6. The molecule has 2 amide bonds. The van der Waals surface area contributed by atoms with Gasteiger partial charge in [-0.1, -0.05) is 12.8 Å². The fourth-order valence-corrected chi connectivity index (χ4v) is 4.62. The first-order chi connectivity index (χ1) is 10.2. The standard InChI is InChI=1S/C15H25N3O2S/c19-13-3-6-18(8-7-17-9-11-21-12-10-17)14(20)15(16-13)4-1-2-5-15/h1-12H2,(H,16,19). The van der Waals surface area contributed by atoms with Crippen molar-refractivity contribution in [3.05, 3.63) is 0 Å². The normalized spacial score (nSPS) is 27.0. The van der Waals surface area contributed by atoms with E-state index < -0.39 is 5.54 Å². The second kappa shape index (κ2) is 6.57. The minimum Gasteiger partial charge on any atom is -0.342 e. The highest BCUT2D eigenvalue weighted by molar-refractivity contribution is 7.99. The molecule has 1 spiro atoms. The molecular formula is C15H25N3O2S. The van der Waals surface area contributed by atoms with Crippen LogP contribution >= 0.6 is 11.8 Å². The van der Waals surface area contributed by atoms with Crippen LogP contribution in [0.1, 0.15) is 32.1 Å². The lowest BCUT2D eigenvalue weighted by Gasteiger charge is -2.34. The van der Waals surface area contributed by atoms with Crippen molar-refractivity contribution >= 4 is 23.6 Å². The van der Waals surface area contributed by atoms with E-state index in [1.54, 1.807) is 0 Å². The van der Waals surface area contributed by atoms with Crippen molar-refractivity contribution in [1.29, 1.82) is 0 Å². The highest BCUT2D eigenvalue weighted by Gasteiger charge is 2.46. The highest BCUT2D eigenvalue weighted by Crippen LogP contribution is 2.32. The second-order valence-corrected chi connectivity index (χ2v) is 7.56. The lowest BCUT2D eigenvalue weighted by atomic mass is 9.96. The van der Waals surface area contributed by atoms with Crippen molar-refractivity contribution in [2.45, 2.75) is 37.6 Å². The maximum absolute atomic E-state index is 12.9. The molecule has 2 heterocycles. The Bertz CT molecular complexity index is 404. The Kier molecular flexibility index (Phi) is 4.74. The van der Waals surface area contributed by atoms with Crippen LogP contribution in [0.25, 0.3) is 0 Å². The van der Waals surface area contributed by atoms with Gasteiger partial charge in [0.2, 0.25) is 11.8 Å². The predicted molar refractivity (Wildman–Crippen MR) is 84.3 cm³/mol. The van der Waals surface area contributed by atoms with E-state index in [0.29, 0.717) is 13.0 Å². The van der Waals surface area contributed by atoms with Crippen LogP contribution in [-0.2, 0) is 9.59 Å². The molecule has 0 atom stereocenters. The summed E-state index contributed by atoms with van der Waals surface area (Å²) in [7, 11) is 0. The molecule has 0 radical (unpaired) electrons. The van der Waals surface area contributed by atoms with E-state index in [9.17, 15) is 9.59 Å². The van der Waals surface area contributed by atoms with Gasteiger partial charge in [0.05, 0.1) is 0 Å². The molecule has 1 saturated carbocycles. The molecule has 6 heteroatoms. The Balaban J connectivity index is 1.63. The molecule has 0 aromatic carbocycles. The van der Waals surface area contributed by atoms with Gasteiger partial charge in [0.1, 0.15) is 5.54 Å². The lowest BCUT2D eigenvalue weighted by Crippen LogP contribution is -2.56. The van der Waals surface area contributed by atoms with Crippen LogP contribution in [0.15, 0.2) is 0 Å². The molecule has 118 valence electrons. The van der Waals surface area contributed by atoms with Crippen LogP contribution in [-0.4, -0.2) is 71.4 Å². The van der Waals surface area contributed by atoms with E-state index in [1.165, 1.54) is 11.5 Å². The van der Waals surface area contributed by atoms with E-state index in [2.05, 4.69) is 10.2 Å². The van der Waals surface area contributed by atoms with Crippen molar-refractivity contribution < 1.29 is 9.59 Å². The van der Waals surface area contributed by atoms with Gasteiger partial charge >= 0.3 is 0 Å². The van der Waals surface area contributed by atoms with Crippen LogP contribution in [0.5, 0.6) is 0 Å². The third kappa shape index (κ3) is 3.37. The molecule has 1 aliphatic carbocycles. The number of carbonyl (C=O) groups is 2. The van der Waals surface area contributed by atoms with E-state index in [-0.39, 0.29) is 11.8 Å². The zero-order valence-corrected chi connectivity index (χ0v) is 13.4. The Morgan fingerprint density at radius 1 is 1.05 bits per heavy atom. The Labute approximate surface area is 130 Å². The molecule has 0 unspecified atom stereocenters. The second-order valence-electron chi connectivity index (χ2n) is 6.33. The van der Waals surface area contributed by atoms with Gasteiger partial charge in [-0.2, -0.15) is 11.8 Å². The summed E-state index contributed by atoms with van der Waals surface area (Å²) in [5.74, 6) is 2.59. The van der Waals surface area contributed by atoms with Gasteiger partial charge in [-0.3, -0.25) is 14.5 Å². The smallest absolute Gasteiger partial charge is 0.248 e. The fraction of sp³-hybridized carbons (Fsp3) is 0.867. The first-order valence-corrected chi connectivity index (χ1v) is 9.26. The Morgan fingerprint density at radius 2 is 1.76 bits per heavy atom. The van der Waals surface area contributed by atoms with Crippen LogP contribution < -0.4 is 5.32 Å². The molecule has 21 heavy (non-hydrogen) atoms. The number of carbonyl (C=O) groups excluding carboxylic acids is 2. The summed E-state index contributed by atoms with van der Waals surface area (Å²) in [5.41, 5.74) is -0.578. The van der Waals surface area contributed by atoms with Gasteiger partial charge in [0.25, 0.3) is 0 Å². The van der Waals surface area contributed by atoms with Gasteiger partial charge in [-0.25, -0.2) is 0 Å². The van der Waals surface area contributed by atoms with E-state index in [0.717, 1.165) is 51.9 Å². The zero-order chi connectivity index (χ0) is 14.7. The monoisotopic (exact) mass is 311 g/mol. The van der Waals surface area contributed by atoms with E-state index in [4.69, 9.17) is 0 Å². The van der Waals surface area contributed by atoms with Crippen molar-refractivity contribution in [2.75, 3.05) is 44.2 Å². The maximum Gasteiger partial charge on any atom is 0.248 e. The average Bonchev–Trinajstić information content (AvgIpc) is 2.93. The van der Waals surface area contributed by atoms with Crippen molar-refractivity contribution in [3.63, 3.8) is 0 Å². The maximum atomic E-state index is 12.9. The number of nitrogens with one attached hydrogen (secondary N) is 1. The summed E-state index contributed by atoms with van der Waals surface area (Å²) in [4.78, 5) is 29.2. The third-order valence-electron chi connectivity index (χ3n) is 4.93. The number of hydrogen-bond acceptors (Lipinski definition) is 4. The topological polar surface area (TPSA) is 52.7 Å². The Hall–Kier alpha value is -0.750. The van der Waals surface area contributed by atoms with Crippen LogP contribution in [0.3, 0.4) is 0 Å². The molecule has 2 saturated heterocycles. The first-order valence-electron chi connectivity index (χ1n) is 8.10. The van der Waals surface area contributed by atoms with Gasteiger partial charge in [-0.15, -0.1) is 0 Å². The van der Waals surface area contributed by atoms with Crippen molar-refractivity contribution in [3.8, 4) is 0 Å². The molecule has 3 aliphatic rings. The quantitative estimate of drug-likeness (QED) is 0.833. The minimum absolute atomic E-state index is 0.0436.